The van der Waals surface area contributed by atoms with Crippen LogP contribution in [-0.2, 0) is 26.2 Å². The van der Waals surface area contributed by atoms with Crippen LogP contribution in [0.1, 0.15) is 23.7 Å². The van der Waals surface area contributed by atoms with E-state index in [4.69, 9.17) is 10.6 Å². The van der Waals surface area contributed by atoms with Crippen molar-refractivity contribution in [3.63, 3.8) is 0 Å². The molecule has 0 radical (unpaired) electrons. The molecule has 0 spiro atoms. The van der Waals surface area contributed by atoms with Crippen molar-refractivity contribution in [1.29, 1.82) is 0 Å². The number of thioether (sulfide) groups is 2. The van der Waals surface area contributed by atoms with Gasteiger partial charge < -0.3 is 4.74 Å². The molecule has 2 aliphatic heterocycles. The maximum absolute atomic E-state index is 13.9. The molecule has 0 bridgehead atoms. The lowest BCUT2D eigenvalue weighted by Crippen LogP contribution is -2.58. The molecular formula is C24H23N7O4S2. The predicted molar refractivity (Wildman–Crippen MR) is 136 cm³/mol. The fourth-order valence-electron chi connectivity index (χ4n) is 4.17. The van der Waals surface area contributed by atoms with E-state index >= 15 is 0 Å². The van der Waals surface area contributed by atoms with Crippen LogP contribution in [0.3, 0.4) is 0 Å². The van der Waals surface area contributed by atoms with Crippen molar-refractivity contribution in [2.75, 3.05) is 5.75 Å². The number of fused-ring (bicyclic) bond motifs is 1. The van der Waals surface area contributed by atoms with Gasteiger partial charge in [0, 0.05) is 18.4 Å². The van der Waals surface area contributed by atoms with Gasteiger partial charge in [-0.3, -0.25) is 19.5 Å². The normalized spacial score (nSPS) is 18.9. The van der Waals surface area contributed by atoms with Crippen LogP contribution < -0.4 is 5.84 Å². The van der Waals surface area contributed by atoms with Crippen LogP contribution in [0.4, 0.5) is 0 Å². The number of hydrazine groups is 1. The molecule has 1 saturated heterocycles. The molecule has 2 atom stereocenters. The molecule has 3 heterocycles. The Balaban J connectivity index is 1.55. The number of nitrogens with zero attached hydrogens (tertiary/aromatic N) is 6. The molecule has 190 valence electrons. The zero-order valence-corrected chi connectivity index (χ0v) is 21.3. The van der Waals surface area contributed by atoms with E-state index in [2.05, 4.69) is 15.5 Å². The van der Waals surface area contributed by atoms with Crippen molar-refractivity contribution >= 4 is 41.8 Å². The van der Waals surface area contributed by atoms with E-state index in [1.54, 1.807) is 7.05 Å². The summed E-state index contributed by atoms with van der Waals surface area (Å²) in [6.07, 6.45) is 0.0309. The molecule has 0 saturated carbocycles. The number of tetrazole rings is 1. The Hall–Kier alpha value is -3.68. The summed E-state index contributed by atoms with van der Waals surface area (Å²) in [5.41, 5.74) is 2.14. The second-order valence-electron chi connectivity index (χ2n) is 8.32. The van der Waals surface area contributed by atoms with E-state index in [1.165, 1.54) is 33.1 Å². The van der Waals surface area contributed by atoms with E-state index in [1.807, 2.05) is 60.7 Å². The van der Waals surface area contributed by atoms with Gasteiger partial charge in [0.1, 0.15) is 11.1 Å². The minimum atomic E-state index is -0.706. The molecule has 5 rings (SSSR count). The second kappa shape index (κ2) is 10.7. The van der Waals surface area contributed by atoms with Crippen LogP contribution in [0.2, 0.25) is 0 Å². The van der Waals surface area contributed by atoms with Crippen LogP contribution in [0.5, 0.6) is 0 Å². The number of nitrogens with two attached hydrogens (primary N) is 1. The third-order valence-corrected chi connectivity index (χ3v) is 8.53. The van der Waals surface area contributed by atoms with Gasteiger partial charge in [0.2, 0.25) is 17.5 Å². The number of ether oxygens (including phenoxy) is 1. The molecule has 3 aromatic rings. The molecule has 2 N–H and O–H groups in total. The molecular weight excluding hydrogens is 514 g/mol. The van der Waals surface area contributed by atoms with Crippen LogP contribution in [0.25, 0.3) is 0 Å². The van der Waals surface area contributed by atoms with Gasteiger partial charge in [-0.05, 0) is 21.6 Å². The van der Waals surface area contributed by atoms with E-state index in [-0.39, 0.29) is 29.2 Å². The molecule has 1 unspecified atom stereocenters. The zero-order chi connectivity index (χ0) is 25.9. The number of hydrogen-bond acceptors (Lipinski definition) is 10. The number of esters is 1. The van der Waals surface area contributed by atoms with Crippen LogP contribution in [-0.4, -0.2) is 64.9 Å². The van der Waals surface area contributed by atoms with Crippen molar-refractivity contribution in [1.82, 2.24) is 30.1 Å². The van der Waals surface area contributed by atoms with E-state index in [0.717, 1.165) is 16.1 Å². The first-order valence-electron chi connectivity index (χ1n) is 11.3. The fraction of sp³-hybridized carbons (Fsp3) is 0.250. The summed E-state index contributed by atoms with van der Waals surface area (Å²) in [6.45, 7) is 0. The number of aryl methyl sites for hydroxylation is 1. The van der Waals surface area contributed by atoms with Crippen LogP contribution >= 0.6 is 23.5 Å². The van der Waals surface area contributed by atoms with Gasteiger partial charge in [0.05, 0.1) is 11.8 Å². The topological polar surface area (TPSA) is 137 Å². The smallest absolute Gasteiger partial charge is 0.356 e. The monoisotopic (exact) mass is 537 g/mol. The van der Waals surface area contributed by atoms with Crippen molar-refractivity contribution in [2.24, 2.45) is 12.9 Å². The number of amides is 2. The molecule has 11 nitrogen and oxygen atoms in total. The summed E-state index contributed by atoms with van der Waals surface area (Å²) >= 11 is 2.60. The summed E-state index contributed by atoms with van der Waals surface area (Å²) in [4.78, 5) is 39.7. The summed E-state index contributed by atoms with van der Waals surface area (Å²) in [5, 5.41) is 12.0. The Labute approximate surface area is 221 Å². The highest BCUT2D eigenvalue weighted by Crippen LogP contribution is 2.46. The number of carbonyl (C=O) groups excluding carboxylic acids is 3. The zero-order valence-electron chi connectivity index (χ0n) is 19.7. The van der Waals surface area contributed by atoms with Gasteiger partial charge in [-0.15, -0.1) is 16.9 Å². The molecule has 1 aromatic heterocycles. The average Bonchev–Trinajstić information content (AvgIpc) is 3.34. The lowest BCUT2D eigenvalue weighted by Gasteiger charge is -2.48. The first-order chi connectivity index (χ1) is 18.0. The van der Waals surface area contributed by atoms with Crippen molar-refractivity contribution in [3.05, 3.63) is 83.1 Å². The molecule has 1 fully saturated rings. The molecule has 2 amide bonds. The molecule has 2 aromatic carbocycles. The highest BCUT2D eigenvalue weighted by Gasteiger charge is 2.50. The van der Waals surface area contributed by atoms with E-state index in [9.17, 15) is 14.4 Å². The lowest BCUT2D eigenvalue weighted by molar-refractivity contribution is -0.152. The van der Waals surface area contributed by atoms with Crippen molar-refractivity contribution in [3.8, 4) is 0 Å². The number of benzene rings is 2. The summed E-state index contributed by atoms with van der Waals surface area (Å²) in [7, 11) is 1.69. The highest BCUT2D eigenvalue weighted by atomic mass is 32.2. The Morgan fingerprint density at radius 2 is 1.86 bits per heavy atom. The van der Waals surface area contributed by atoms with Gasteiger partial charge in [0.15, 0.2) is 6.10 Å². The number of aromatic nitrogens is 4. The first-order valence-corrected chi connectivity index (χ1v) is 13.3. The molecule has 13 heteroatoms. The summed E-state index contributed by atoms with van der Waals surface area (Å²) < 4.78 is 7.61. The first kappa shape index (κ1) is 25.0. The van der Waals surface area contributed by atoms with Gasteiger partial charge in [-0.25, -0.2) is 15.3 Å². The molecule has 0 aliphatic carbocycles. The molecule has 37 heavy (non-hydrogen) atoms. The summed E-state index contributed by atoms with van der Waals surface area (Å²) in [5.74, 6) is 5.36. The minimum Gasteiger partial charge on any atom is -0.448 e. The van der Waals surface area contributed by atoms with Crippen molar-refractivity contribution < 1.29 is 19.1 Å². The second-order valence-corrected chi connectivity index (χ2v) is 10.5. The Bertz CT molecular complexity index is 1300. The van der Waals surface area contributed by atoms with Gasteiger partial charge in [-0.1, -0.05) is 72.4 Å². The van der Waals surface area contributed by atoms with Gasteiger partial charge in [0.25, 0.3) is 0 Å². The van der Waals surface area contributed by atoms with Crippen LogP contribution in [0.15, 0.2) is 77.1 Å². The largest absolute Gasteiger partial charge is 0.448 e. The summed E-state index contributed by atoms with van der Waals surface area (Å²) in [6, 6.07) is 18.8. The number of carbonyl (C=O) groups is 3. The Morgan fingerprint density at radius 1 is 1.22 bits per heavy atom. The predicted octanol–water partition coefficient (Wildman–Crippen LogP) is 1.85. The number of β-lactam (4-membered cyclic amide) rings is 1. The third-order valence-electron chi connectivity index (χ3n) is 5.99. The minimum absolute atomic E-state index is 0.0989. The Morgan fingerprint density at radius 3 is 2.41 bits per heavy atom. The van der Waals surface area contributed by atoms with E-state index in [0.29, 0.717) is 17.1 Å². The standard InChI is InChI=1S/C24H23N7O4S2/c1-29-24(26-27-28-29)36-13-17-20(31-18(33)12-19(31)37-22(17)30(25)14-32)23(34)35-21(15-8-4-2-5-9-15)16-10-6-3-7-11-16/h2-11,14,19,21-22H,12-13,25H2,1H3/t19-,22?/m1/s1. The number of rotatable bonds is 9. The average molecular weight is 538 g/mol. The Kier molecular flexibility index (Phi) is 7.26. The lowest BCUT2D eigenvalue weighted by atomic mass is 10.0. The fourth-order valence-corrected chi connectivity index (χ4v) is 6.61. The van der Waals surface area contributed by atoms with Gasteiger partial charge >= 0.3 is 5.97 Å². The quantitative estimate of drug-likeness (QED) is 0.0819. The van der Waals surface area contributed by atoms with E-state index < -0.39 is 17.4 Å². The SMILES string of the molecule is Cn1nnnc1SCC1=C(C(=O)OC(c2ccccc2)c2ccccc2)N2C(=O)C[C@H]2SC1N(N)C=O. The molecule has 2 aliphatic rings. The van der Waals surface area contributed by atoms with Crippen LogP contribution in [0, 0.1) is 0 Å². The highest BCUT2D eigenvalue weighted by molar-refractivity contribution is 8.01. The number of hydrogen-bond donors (Lipinski definition) is 1. The maximum atomic E-state index is 13.9. The third kappa shape index (κ3) is 4.97. The van der Waals surface area contributed by atoms with Gasteiger partial charge in [-0.2, -0.15) is 0 Å². The maximum Gasteiger partial charge on any atom is 0.356 e. The van der Waals surface area contributed by atoms with Crippen molar-refractivity contribution in [2.45, 2.75) is 28.4 Å².